The first-order valence-corrected chi connectivity index (χ1v) is 16.1. The van der Waals surface area contributed by atoms with Crippen molar-refractivity contribution in [2.24, 2.45) is 11.8 Å². The Morgan fingerprint density at radius 1 is 0.341 bits per heavy atom. The van der Waals surface area contributed by atoms with Crippen LogP contribution in [0.5, 0.6) is 0 Å². The van der Waals surface area contributed by atoms with Gasteiger partial charge < -0.3 is 0 Å². The molecule has 0 aromatic heterocycles. The molecule has 0 heteroatoms. The van der Waals surface area contributed by atoms with Gasteiger partial charge in [0.25, 0.3) is 0 Å². The minimum absolute atomic E-state index is 0.241. The normalized spacial score (nSPS) is 24.0. The largest absolute Gasteiger partial charge is 0.0842 e. The molecule has 0 saturated carbocycles. The molecule has 0 bridgehead atoms. The highest BCUT2D eigenvalue weighted by molar-refractivity contribution is 5.51. The molecule has 220 valence electrons. The third kappa shape index (κ3) is 9.16. The van der Waals surface area contributed by atoms with Crippen LogP contribution in [0, 0.1) is 11.8 Å². The summed E-state index contributed by atoms with van der Waals surface area (Å²) in [5.74, 6) is 0.486. The van der Waals surface area contributed by atoms with Gasteiger partial charge in [0.1, 0.15) is 0 Å². The second-order valence-corrected chi connectivity index (χ2v) is 11.3. The third-order valence-corrected chi connectivity index (χ3v) is 8.37. The van der Waals surface area contributed by atoms with Crippen LogP contribution in [-0.2, 0) is 0 Å². The van der Waals surface area contributed by atoms with Crippen molar-refractivity contribution >= 4 is 0 Å². The van der Waals surface area contributed by atoms with E-state index in [0.717, 1.165) is 38.5 Å². The van der Waals surface area contributed by atoms with E-state index in [0.29, 0.717) is 0 Å². The summed E-state index contributed by atoms with van der Waals surface area (Å²) in [6.07, 6.45) is 72.8. The molecule has 0 aliphatic heterocycles. The van der Waals surface area contributed by atoms with Gasteiger partial charge in [0.2, 0.25) is 0 Å². The summed E-state index contributed by atoms with van der Waals surface area (Å²) in [4.78, 5) is 0. The molecular weight excluding hydrogens is 528 g/mol. The van der Waals surface area contributed by atoms with Gasteiger partial charge in [0, 0.05) is 11.8 Å². The van der Waals surface area contributed by atoms with Crippen LogP contribution >= 0.6 is 0 Å². The molecule has 5 aliphatic rings. The van der Waals surface area contributed by atoms with Gasteiger partial charge in [0.15, 0.2) is 0 Å². The fourth-order valence-electron chi connectivity index (χ4n) is 6.11. The summed E-state index contributed by atoms with van der Waals surface area (Å²) >= 11 is 0. The van der Waals surface area contributed by atoms with E-state index in [1.165, 1.54) is 33.4 Å². The Labute approximate surface area is 265 Å². The molecule has 2 atom stereocenters. The number of fused-ring (bicyclic) bond motifs is 1. The lowest BCUT2D eigenvalue weighted by atomic mass is 9.72. The van der Waals surface area contributed by atoms with Gasteiger partial charge >= 0.3 is 0 Å². The van der Waals surface area contributed by atoms with Crippen molar-refractivity contribution in [3.05, 3.63) is 216 Å². The minimum atomic E-state index is 0.241. The SMILES string of the molecule is C1=CC=CCCC(C2=CC=CC=CC=C(C3=CC=CC=CC=C(C4=CC=CCC=CC=CC4)C4C=CC=CC34)CC2)=CC=C1. The molecule has 2 unspecified atom stereocenters. The van der Waals surface area contributed by atoms with Crippen LogP contribution in [-0.4, -0.2) is 0 Å². The molecule has 0 fully saturated rings. The van der Waals surface area contributed by atoms with E-state index in [1.54, 1.807) is 0 Å². The lowest BCUT2D eigenvalue weighted by Crippen LogP contribution is -2.20. The Kier molecular flexibility index (Phi) is 12.2. The van der Waals surface area contributed by atoms with E-state index in [9.17, 15) is 0 Å². The standard InChI is InChI=1S/C44H44/c1-3-7-15-25-37(26-16-8-4-1)38-27-17-11-12-20-30-40(36-35-38)42-32-22-14-13-21-31-41(43-33-23-24-34-44(42)43)39-28-18-9-5-2-6-10-19-29-39/h1-5,7-15,17-25,27,29-34,43-44H,6,16,26,28,35-36H2. The molecule has 0 nitrogen and oxygen atoms in total. The average Bonchev–Trinajstić information content (AvgIpc) is 3.06. The highest BCUT2D eigenvalue weighted by Gasteiger charge is 2.28. The molecule has 0 amide bonds. The smallest absolute Gasteiger partial charge is 0.0128 e. The molecule has 0 aromatic rings. The van der Waals surface area contributed by atoms with Gasteiger partial charge in [-0.15, -0.1) is 0 Å². The van der Waals surface area contributed by atoms with Crippen molar-refractivity contribution in [1.29, 1.82) is 0 Å². The second-order valence-electron chi connectivity index (χ2n) is 11.3. The van der Waals surface area contributed by atoms with E-state index in [1.807, 2.05) is 0 Å². The first-order chi connectivity index (χ1) is 21.9. The fourth-order valence-corrected chi connectivity index (χ4v) is 6.11. The van der Waals surface area contributed by atoms with Crippen molar-refractivity contribution < 1.29 is 0 Å². The van der Waals surface area contributed by atoms with Crippen LogP contribution in [0.2, 0.25) is 0 Å². The van der Waals surface area contributed by atoms with E-state index in [-0.39, 0.29) is 11.8 Å². The van der Waals surface area contributed by atoms with E-state index >= 15 is 0 Å². The lowest BCUT2D eigenvalue weighted by molar-refractivity contribution is 0.603. The van der Waals surface area contributed by atoms with Crippen molar-refractivity contribution in [1.82, 2.24) is 0 Å². The van der Waals surface area contributed by atoms with Crippen LogP contribution in [0.1, 0.15) is 38.5 Å². The number of hydrogen-bond acceptors (Lipinski definition) is 0. The summed E-state index contributed by atoms with van der Waals surface area (Å²) in [6.45, 7) is 0. The summed E-state index contributed by atoms with van der Waals surface area (Å²) in [5, 5.41) is 0. The summed E-state index contributed by atoms with van der Waals surface area (Å²) < 4.78 is 0. The quantitative estimate of drug-likeness (QED) is 0.315. The summed E-state index contributed by atoms with van der Waals surface area (Å²) in [6, 6.07) is 0. The van der Waals surface area contributed by atoms with E-state index < -0.39 is 0 Å². The van der Waals surface area contributed by atoms with Crippen LogP contribution in [0.15, 0.2) is 216 Å². The predicted molar refractivity (Wildman–Crippen MR) is 193 cm³/mol. The maximum atomic E-state index is 2.41. The van der Waals surface area contributed by atoms with E-state index in [2.05, 4.69) is 182 Å². The Morgan fingerprint density at radius 3 is 1.55 bits per heavy atom. The number of allylic oxidation sites excluding steroid dienone is 36. The summed E-state index contributed by atoms with van der Waals surface area (Å²) in [5.41, 5.74) is 8.37. The maximum Gasteiger partial charge on any atom is 0.0128 e. The Bertz CT molecular complexity index is 1570. The Balaban J connectivity index is 1.49. The predicted octanol–water partition coefficient (Wildman–Crippen LogP) is 11.9. The van der Waals surface area contributed by atoms with Gasteiger partial charge in [-0.2, -0.15) is 0 Å². The molecule has 5 aliphatic carbocycles. The highest BCUT2D eigenvalue weighted by atomic mass is 14.3. The Morgan fingerprint density at radius 2 is 0.818 bits per heavy atom. The van der Waals surface area contributed by atoms with Crippen molar-refractivity contribution in [3.63, 3.8) is 0 Å². The molecule has 44 heavy (non-hydrogen) atoms. The van der Waals surface area contributed by atoms with Crippen molar-refractivity contribution in [2.75, 3.05) is 0 Å². The third-order valence-electron chi connectivity index (χ3n) is 8.37. The highest BCUT2D eigenvalue weighted by Crippen LogP contribution is 2.41. The molecule has 5 rings (SSSR count). The van der Waals surface area contributed by atoms with Gasteiger partial charge in [-0.1, -0.05) is 182 Å². The van der Waals surface area contributed by atoms with Crippen LogP contribution in [0.25, 0.3) is 0 Å². The zero-order chi connectivity index (χ0) is 30.1. The van der Waals surface area contributed by atoms with Crippen molar-refractivity contribution in [3.8, 4) is 0 Å². The molecule has 0 spiro atoms. The molecular formula is C44H44. The summed E-state index contributed by atoms with van der Waals surface area (Å²) in [7, 11) is 0. The molecule has 0 saturated heterocycles. The first-order valence-electron chi connectivity index (χ1n) is 16.1. The number of rotatable bonds is 3. The average molecular weight is 573 g/mol. The van der Waals surface area contributed by atoms with Gasteiger partial charge in [0.05, 0.1) is 0 Å². The Hall–Kier alpha value is -4.68. The molecule has 0 heterocycles. The second kappa shape index (κ2) is 17.4. The first kappa shape index (κ1) is 30.8. The maximum absolute atomic E-state index is 2.41. The molecule has 0 radical (unpaired) electrons. The van der Waals surface area contributed by atoms with E-state index in [4.69, 9.17) is 0 Å². The van der Waals surface area contributed by atoms with Crippen LogP contribution in [0.3, 0.4) is 0 Å². The zero-order valence-corrected chi connectivity index (χ0v) is 25.7. The minimum Gasteiger partial charge on any atom is -0.0842 e. The molecule has 0 aromatic carbocycles. The monoisotopic (exact) mass is 572 g/mol. The lowest BCUT2D eigenvalue weighted by Gasteiger charge is -2.31. The van der Waals surface area contributed by atoms with Crippen LogP contribution in [0.4, 0.5) is 0 Å². The number of hydrogen-bond donors (Lipinski definition) is 0. The van der Waals surface area contributed by atoms with Crippen LogP contribution < -0.4 is 0 Å². The van der Waals surface area contributed by atoms with Gasteiger partial charge in [-0.05, 0) is 72.0 Å². The topological polar surface area (TPSA) is 0 Å². The van der Waals surface area contributed by atoms with Gasteiger partial charge in [-0.25, -0.2) is 0 Å². The fraction of sp³-hybridized carbons (Fsp3) is 0.182. The molecule has 0 N–H and O–H groups in total. The zero-order valence-electron chi connectivity index (χ0n) is 25.7. The van der Waals surface area contributed by atoms with Gasteiger partial charge in [-0.3, -0.25) is 0 Å². The van der Waals surface area contributed by atoms with Crippen molar-refractivity contribution in [2.45, 2.75) is 38.5 Å².